The summed E-state index contributed by atoms with van der Waals surface area (Å²) in [5.74, 6) is 0.900. The van der Waals surface area contributed by atoms with Gasteiger partial charge in [-0.05, 0) is 18.3 Å². The third kappa shape index (κ3) is 8.96. The van der Waals surface area contributed by atoms with E-state index in [1.165, 1.54) is 27.8 Å². The van der Waals surface area contributed by atoms with E-state index < -0.39 is 18.0 Å². The van der Waals surface area contributed by atoms with Gasteiger partial charge in [0.1, 0.15) is 0 Å². The van der Waals surface area contributed by atoms with Crippen molar-refractivity contribution in [3.05, 3.63) is 131 Å². The first-order valence-corrected chi connectivity index (χ1v) is 24.7. The maximum absolute atomic E-state index is 8.01. The molecule has 0 atom stereocenters. The first kappa shape index (κ1) is 29.9. The van der Waals surface area contributed by atoms with Gasteiger partial charge in [-0.25, -0.2) is 0 Å². The Hall–Kier alpha value is -1.64. The van der Waals surface area contributed by atoms with Crippen LogP contribution in [0.4, 0.5) is 5.69 Å². The van der Waals surface area contributed by atoms with E-state index in [4.69, 9.17) is 22.8 Å². The third-order valence-corrected chi connectivity index (χ3v) is 16.6. The summed E-state index contributed by atoms with van der Waals surface area (Å²) in [4.78, 5) is 0. The topological polar surface area (TPSA) is 23.8 Å². The number of benzene rings is 4. The fourth-order valence-corrected chi connectivity index (χ4v) is 10.6. The standard InChI is InChI=1S/C13H9.C12H18N.C7H8Si.2ClH.Zr/c1-3-7-12-10(5-1)9-11-6-2-4-8-13(11)12;1-8(2)10-6-5-7-11(9(3)4)12(10)13;8-6-7-4-2-1-3-5-7;;;/h1-5,7-8H,9H2;5-9,13H,1-4H3;1-5,8H,6H2;2*1H;/q2*-1;;;;+2/p-2. The van der Waals surface area contributed by atoms with Crippen molar-refractivity contribution in [3.63, 3.8) is 0 Å². The van der Waals surface area contributed by atoms with Crippen molar-refractivity contribution in [2.45, 2.75) is 52.0 Å². The van der Waals surface area contributed by atoms with Gasteiger partial charge >= 0.3 is 83.1 Å². The molecule has 4 aromatic carbocycles. The van der Waals surface area contributed by atoms with Gasteiger partial charge in [0.15, 0.2) is 0 Å². The van der Waals surface area contributed by atoms with Gasteiger partial charge in [0.25, 0.3) is 0 Å². The average molecular weight is 624 g/mol. The summed E-state index contributed by atoms with van der Waals surface area (Å²) in [5.41, 5.74) is 17.9. The van der Waals surface area contributed by atoms with Gasteiger partial charge in [-0.1, -0.05) is 92.4 Å². The molecule has 0 saturated carbocycles. The van der Waals surface area contributed by atoms with Crippen LogP contribution in [0.1, 0.15) is 67.3 Å². The van der Waals surface area contributed by atoms with E-state index in [1.54, 1.807) is 0 Å². The third-order valence-electron chi connectivity index (χ3n) is 6.32. The van der Waals surface area contributed by atoms with Crippen molar-refractivity contribution in [2.75, 3.05) is 0 Å². The maximum atomic E-state index is 8.01. The predicted octanol–water partition coefficient (Wildman–Crippen LogP) is 10.1. The zero-order chi connectivity index (χ0) is 26.8. The summed E-state index contributed by atoms with van der Waals surface area (Å²) in [7, 11) is 11.7. The van der Waals surface area contributed by atoms with Crippen LogP contribution in [-0.2, 0) is 30.4 Å². The Labute approximate surface area is 238 Å². The number of rotatable bonds is 4. The van der Waals surface area contributed by atoms with E-state index in [1.807, 2.05) is 12.1 Å². The van der Waals surface area contributed by atoms with E-state index >= 15 is 0 Å². The molecule has 1 aliphatic rings. The molecule has 5 rings (SSSR count). The quantitative estimate of drug-likeness (QED) is 0.141. The summed E-state index contributed by atoms with van der Waals surface area (Å²) < 4.78 is 0. The average Bonchev–Trinajstić information content (AvgIpc) is 3.27. The van der Waals surface area contributed by atoms with E-state index in [0.717, 1.165) is 29.3 Å². The van der Waals surface area contributed by atoms with Crippen molar-refractivity contribution in [1.29, 1.82) is 0 Å². The van der Waals surface area contributed by atoms with Crippen LogP contribution in [0.2, 0.25) is 0 Å². The molecule has 0 aromatic heterocycles. The Bertz CT molecular complexity index is 1250. The van der Waals surface area contributed by atoms with E-state index in [2.05, 4.69) is 113 Å². The minimum Gasteiger partial charge on any atom is -0.179 e. The first-order valence-electron chi connectivity index (χ1n) is 12.7. The Kier molecular flexibility index (Phi) is 12.2. The molecule has 192 valence electrons. The first-order chi connectivity index (χ1) is 17.8. The number of fused-ring (bicyclic) bond motifs is 3. The Morgan fingerprint density at radius 2 is 1.38 bits per heavy atom. The molecule has 4 aromatic rings. The molecule has 0 radical (unpaired) electrons. The smallest absolute Gasteiger partial charge is 0.0253 e. The molecular formula is C32H35Cl2NSiZr-2. The molecule has 0 unspecified atom stereocenters. The molecule has 0 spiro atoms. The second-order valence-electron chi connectivity index (χ2n) is 9.70. The van der Waals surface area contributed by atoms with Gasteiger partial charge < -0.3 is 5.73 Å². The second-order valence-corrected chi connectivity index (χ2v) is 28.7. The van der Waals surface area contributed by atoms with Gasteiger partial charge in [0.05, 0.1) is 0 Å². The van der Waals surface area contributed by atoms with E-state index in [0.29, 0.717) is 18.0 Å². The normalized spacial score (nSPS) is 11.0. The molecule has 0 heterocycles. The van der Waals surface area contributed by atoms with Crippen molar-refractivity contribution >= 4 is 28.9 Å². The summed E-state index contributed by atoms with van der Waals surface area (Å²) >= 11 is -1.79. The molecular weight excluding hydrogens is 589 g/mol. The number of nitrogens with one attached hydrogen (secondary N) is 1. The van der Waals surface area contributed by atoms with E-state index in [9.17, 15) is 0 Å². The number of hydrogen-bond donors (Lipinski definition) is 0. The SMILES string of the molecule is CC(C)c1cccc(C(C)C)c1[NH-].[Cl][Zr]([Cl])=[SiH]Cc1ccccc1.[c-]1cccc2c1Cc1ccccc1-2. The molecule has 1 aliphatic carbocycles. The summed E-state index contributed by atoms with van der Waals surface area (Å²) in [6.07, 6.45) is 1.38. The monoisotopic (exact) mass is 621 g/mol. The molecule has 0 amide bonds. The minimum absolute atomic E-state index is 0.334. The number of hydrogen-bond acceptors (Lipinski definition) is 0. The van der Waals surface area contributed by atoms with Crippen LogP contribution in [0.25, 0.3) is 16.9 Å². The van der Waals surface area contributed by atoms with E-state index in [-0.39, 0.29) is 0 Å². The Balaban J connectivity index is 0.000000155. The fourth-order valence-electron chi connectivity index (χ4n) is 4.36. The van der Waals surface area contributed by atoms with Crippen LogP contribution >= 0.6 is 17.0 Å². The molecule has 0 saturated heterocycles. The predicted molar refractivity (Wildman–Crippen MR) is 161 cm³/mol. The Morgan fingerprint density at radius 3 is 2.00 bits per heavy atom. The molecule has 37 heavy (non-hydrogen) atoms. The van der Waals surface area contributed by atoms with Gasteiger partial charge in [-0.3, -0.25) is 0 Å². The van der Waals surface area contributed by atoms with Gasteiger partial charge in [0.2, 0.25) is 0 Å². The fraction of sp³-hybridized carbons (Fsp3) is 0.250. The molecule has 0 aliphatic heterocycles. The molecule has 5 heteroatoms. The molecule has 0 bridgehead atoms. The summed E-state index contributed by atoms with van der Waals surface area (Å²) in [6, 6.07) is 35.8. The minimum atomic E-state index is -1.79. The largest absolute Gasteiger partial charge is 0.179 e. The zero-order valence-electron chi connectivity index (χ0n) is 22.1. The van der Waals surface area contributed by atoms with Crippen molar-refractivity contribution < 1.29 is 18.0 Å². The maximum Gasteiger partial charge on any atom is -0.0253 e. The van der Waals surface area contributed by atoms with Gasteiger partial charge in [-0.2, -0.15) is 29.8 Å². The van der Waals surface area contributed by atoms with Gasteiger partial charge in [-0.15, -0.1) is 11.3 Å². The van der Waals surface area contributed by atoms with Crippen LogP contribution in [0.5, 0.6) is 0 Å². The summed E-state index contributed by atoms with van der Waals surface area (Å²) in [5, 5.41) is 0. The molecule has 1 N–H and O–H groups in total. The second kappa shape index (κ2) is 15.1. The Morgan fingerprint density at radius 1 is 0.784 bits per heavy atom. The van der Waals surface area contributed by atoms with Crippen LogP contribution in [0.15, 0.2) is 91.0 Å². The van der Waals surface area contributed by atoms with Crippen LogP contribution in [0, 0.1) is 6.07 Å². The summed E-state index contributed by atoms with van der Waals surface area (Å²) in [6.45, 7) is 8.55. The van der Waals surface area contributed by atoms with Crippen LogP contribution in [0.3, 0.4) is 0 Å². The molecule has 1 nitrogen and oxygen atoms in total. The zero-order valence-corrected chi connectivity index (χ0v) is 27.2. The van der Waals surface area contributed by atoms with Crippen LogP contribution in [-0.4, -0.2) is 6.16 Å². The van der Waals surface area contributed by atoms with Gasteiger partial charge in [0, 0.05) is 0 Å². The van der Waals surface area contributed by atoms with Crippen molar-refractivity contribution in [3.8, 4) is 11.1 Å². The van der Waals surface area contributed by atoms with Crippen molar-refractivity contribution in [1.82, 2.24) is 0 Å². The van der Waals surface area contributed by atoms with Crippen LogP contribution < -0.4 is 0 Å². The molecule has 0 fully saturated rings. The number of halogens is 2. The van der Waals surface area contributed by atoms with Crippen molar-refractivity contribution in [2.24, 2.45) is 0 Å².